The van der Waals surface area contributed by atoms with Crippen LogP contribution in [0.1, 0.15) is 5.56 Å². The number of nitrogens with zero attached hydrogens (tertiary/aromatic N) is 3. The van der Waals surface area contributed by atoms with Gasteiger partial charge in [-0.2, -0.15) is 0 Å². The van der Waals surface area contributed by atoms with E-state index < -0.39 is 11.7 Å². The quantitative estimate of drug-likeness (QED) is 0.633. The smallest absolute Gasteiger partial charge is 0.283 e. The number of carbonyl (C=O) groups is 2. The standard InChI is InChI=1S/C20H16Cl2FN3O2S/c1-25(2)18(27)11-29-20-24-16(10-12-7-8-13(21)14(22)9-12)19(28)26(20)17-6-4-3-5-15(17)23/h3-10H,11H2,1-2H3/b16-10-. The van der Waals surface area contributed by atoms with E-state index in [-0.39, 0.29) is 28.2 Å². The number of halogens is 3. The molecule has 29 heavy (non-hydrogen) atoms. The van der Waals surface area contributed by atoms with Crippen LogP contribution in [0.5, 0.6) is 0 Å². The van der Waals surface area contributed by atoms with Gasteiger partial charge in [-0.25, -0.2) is 9.38 Å². The third-order valence-electron chi connectivity index (χ3n) is 3.99. The zero-order valence-corrected chi connectivity index (χ0v) is 17.9. The largest absolute Gasteiger partial charge is 0.348 e. The number of rotatable bonds is 4. The highest BCUT2D eigenvalue weighted by molar-refractivity contribution is 8.14. The van der Waals surface area contributed by atoms with Crippen molar-refractivity contribution in [1.29, 1.82) is 0 Å². The lowest BCUT2D eigenvalue weighted by Gasteiger charge is -2.18. The van der Waals surface area contributed by atoms with Gasteiger partial charge in [0.1, 0.15) is 11.5 Å². The predicted octanol–water partition coefficient (Wildman–Crippen LogP) is 4.70. The Bertz CT molecular complexity index is 1040. The fourth-order valence-electron chi connectivity index (χ4n) is 2.45. The summed E-state index contributed by atoms with van der Waals surface area (Å²) in [6.07, 6.45) is 1.54. The minimum Gasteiger partial charge on any atom is -0.348 e. The minimum absolute atomic E-state index is 0.0596. The predicted molar refractivity (Wildman–Crippen MR) is 117 cm³/mol. The van der Waals surface area contributed by atoms with E-state index in [1.54, 1.807) is 44.4 Å². The van der Waals surface area contributed by atoms with Crippen LogP contribution in [0.15, 0.2) is 53.2 Å². The molecule has 0 saturated heterocycles. The van der Waals surface area contributed by atoms with Gasteiger partial charge in [0.15, 0.2) is 5.17 Å². The molecule has 2 amide bonds. The molecular formula is C20H16Cl2FN3O2S. The summed E-state index contributed by atoms with van der Waals surface area (Å²) >= 11 is 13.0. The molecule has 9 heteroatoms. The van der Waals surface area contributed by atoms with Crippen molar-refractivity contribution in [2.75, 3.05) is 24.7 Å². The van der Waals surface area contributed by atoms with E-state index in [1.165, 1.54) is 28.0 Å². The second-order valence-corrected chi connectivity index (χ2v) is 8.02. The van der Waals surface area contributed by atoms with Gasteiger partial charge in [0.2, 0.25) is 5.91 Å². The Balaban J connectivity index is 1.99. The Morgan fingerprint density at radius 3 is 2.59 bits per heavy atom. The molecule has 5 nitrogen and oxygen atoms in total. The molecule has 0 aliphatic carbocycles. The van der Waals surface area contributed by atoms with Crippen molar-refractivity contribution >= 4 is 63.7 Å². The Morgan fingerprint density at radius 2 is 1.93 bits per heavy atom. The lowest BCUT2D eigenvalue weighted by Crippen LogP contribution is -2.32. The van der Waals surface area contributed by atoms with Gasteiger partial charge in [-0.3, -0.25) is 14.5 Å². The van der Waals surface area contributed by atoms with Crippen LogP contribution in [0.25, 0.3) is 6.08 Å². The summed E-state index contributed by atoms with van der Waals surface area (Å²) in [4.78, 5) is 31.9. The van der Waals surface area contributed by atoms with Crippen molar-refractivity contribution in [3.63, 3.8) is 0 Å². The molecule has 0 N–H and O–H groups in total. The molecule has 0 bridgehead atoms. The summed E-state index contributed by atoms with van der Waals surface area (Å²) in [5.74, 6) is -1.16. The molecule has 0 spiro atoms. The molecule has 0 aromatic heterocycles. The number of anilines is 1. The molecule has 0 unspecified atom stereocenters. The van der Waals surface area contributed by atoms with Gasteiger partial charge >= 0.3 is 0 Å². The normalized spacial score (nSPS) is 15.1. The molecule has 0 saturated carbocycles. The van der Waals surface area contributed by atoms with Gasteiger partial charge in [0.05, 0.1) is 21.5 Å². The number of aliphatic imine (C=N–C) groups is 1. The van der Waals surface area contributed by atoms with Crippen LogP contribution >= 0.6 is 35.0 Å². The molecular weight excluding hydrogens is 436 g/mol. The van der Waals surface area contributed by atoms with E-state index in [2.05, 4.69) is 4.99 Å². The zero-order valence-electron chi connectivity index (χ0n) is 15.5. The number of carbonyl (C=O) groups excluding carboxylic acids is 2. The Kier molecular flexibility index (Phi) is 6.62. The molecule has 2 aromatic carbocycles. The van der Waals surface area contributed by atoms with Crippen LogP contribution in [0.3, 0.4) is 0 Å². The van der Waals surface area contributed by atoms with Gasteiger partial charge in [0.25, 0.3) is 5.91 Å². The van der Waals surface area contributed by atoms with Crippen molar-refractivity contribution in [3.8, 4) is 0 Å². The first-order valence-corrected chi connectivity index (χ1v) is 10.2. The van der Waals surface area contributed by atoms with Crippen molar-refractivity contribution in [2.45, 2.75) is 0 Å². The first-order valence-electron chi connectivity index (χ1n) is 8.45. The van der Waals surface area contributed by atoms with Crippen molar-refractivity contribution in [3.05, 3.63) is 69.6 Å². The average Bonchev–Trinajstić information content (AvgIpc) is 2.98. The maximum Gasteiger partial charge on any atom is 0.283 e. The van der Waals surface area contributed by atoms with Crippen LogP contribution in [0.4, 0.5) is 10.1 Å². The van der Waals surface area contributed by atoms with Gasteiger partial charge in [-0.1, -0.05) is 53.2 Å². The maximum atomic E-state index is 14.4. The highest BCUT2D eigenvalue weighted by atomic mass is 35.5. The van der Waals surface area contributed by atoms with Gasteiger partial charge in [-0.05, 0) is 35.9 Å². The number of amides is 2. The molecule has 3 rings (SSSR count). The lowest BCUT2D eigenvalue weighted by molar-refractivity contribution is -0.125. The first kappa shape index (κ1) is 21.4. The molecule has 1 heterocycles. The SMILES string of the molecule is CN(C)C(=O)CSC1=N/C(=C\c2ccc(Cl)c(Cl)c2)C(=O)N1c1ccccc1F. The summed E-state index contributed by atoms with van der Waals surface area (Å²) in [5.41, 5.74) is 0.792. The summed E-state index contributed by atoms with van der Waals surface area (Å²) in [7, 11) is 3.27. The minimum atomic E-state index is -0.566. The summed E-state index contributed by atoms with van der Waals surface area (Å²) in [5, 5.41) is 0.954. The monoisotopic (exact) mass is 451 g/mol. The number of para-hydroxylation sites is 1. The van der Waals surface area contributed by atoms with E-state index in [0.717, 1.165) is 11.8 Å². The van der Waals surface area contributed by atoms with Gasteiger partial charge < -0.3 is 4.90 Å². The van der Waals surface area contributed by atoms with Crippen molar-refractivity contribution < 1.29 is 14.0 Å². The van der Waals surface area contributed by atoms with Crippen molar-refractivity contribution in [2.24, 2.45) is 4.99 Å². The average molecular weight is 452 g/mol. The summed E-state index contributed by atoms with van der Waals surface area (Å²) < 4.78 is 14.4. The van der Waals surface area contributed by atoms with Crippen LogP contribution in [0.2, 0.25) is 10.0 Å². The van der Waals surface area contributed by atoms with E-state index in [9.17, 15) is 14.0 Å². The number of hydrogen-bond donors (Lipinski definition) is 0. The van der Waals surface area contributed by atoms with Crippen LogP contribution in [-0.4, -0.2) is 41.7 Å². The van der Waals surface area contributed by atoms with Crippen LogP contribution in [-0.2, 0) is 9.59 Å². The zero-order chi connectivity index (χ0) is 21.1. The molecule has 1 aliphatic heterocycles. The number of hydrogen-bond acceptors (Lipinski definition) is 4. The maximum absolute atomic E-state index is 14.4. The third-order valence-corrected chi connectivity index (χ3v) is 5.66. The van der Waals surface area contributed by atoms with Crippen molar-refractivity contribution in [1.82, 2.24) is 4.90 Å². The highest BCUT2D eigenvalue weighted by Gasteiger charge is 2.34. The molecule has 150 valence electrons. The summed E-state index contributed by atoms with van der Waals surface area (Å²) in [6, 6.07) is 10.8. The fraction of sp³-hybridized carbons (Fsp3) is 0.150. The molecule has 0 atom stereocenters. The lowest BCUT2D eigenvalue weighted by atomic mass is 10.2. The molecule has 1 aliphatic rings. The van der Waals surface area contributed by atoms with Crippen LogP contribution in [0, 0.1) is 5.82 Å². The van der Waals surface area contributed by atoms with E-state index in [4.69, 9.17) is 23.2 Å². The Hall–Kier alpha value is -2.35. The second kappa shape index (κ2) is 8.98. The first-order chi connectivity index (χ1) is 13.8. The highest BCUT2D eigenvalue weighted by Crippen LogP contribution is 2.32. The van der Waals surface area contributed by atoms with Crippen LogP contribution < -0.4 is 4.90 Å². The Labute approximate surface area is 181 Å². The third kappa shape index (κ3) is 4.80. The van der Waals surface area contributed by atoms with E-state index >= 15 is 0 Å². The Morgan fingerprint density at radius 1 is 1.21 bits per heavy atom. The van der Waals surface area contributed by atoms with Gasteiger partial charge in [0, 0.05) is 14.1 Å². The van der Waals surface area contributed by atoms with E-state index in [0.29, 0.717) is 15.6 Å². The number of benzene rings is 2. The van der Waals surface area contributed by atoms with Gasteiger partial charge in [-0.15, -0.1) is 0 Å². The molecule has 2 aromatic rings. The molecule has 0 radical (unpaired) electrons. The molecule has 0 fully saturated rings. The van der Waals surface area contributed by atoms with E-state index in [1.807, 2.05) is 0 Å². The topological polar surface area (TPSA) is 53.0 Å². The fourth-order valence-corrected chi connectivity index (χ4v) is 3.74. The number of thioether (sulfide) groups is 1. The second-order valence-electron chi connectivity index (χ2n) is 6.27. The number of amidine groups is 1. The summed E-state index contributed by atoms with van der Waals surface area (Å²) in [6.45, 7) is 0.